The van der Waals surface area contributed by atoms with Gasteiger partial charge in [0.25, 0.3) is 0 Å². The molecule has 3 spiro atoms. The molecule has 7 aliphatic heterocycles. The van der Waals surface area contributed by atoms with Gasteiger partial charge in [-0.3, -0.25) is 0 Å². The van der Waals surface area contributed by atoms with E-state index < -0.39 is 0 Å². The molecular formula is C113H128N6O4S5. The Kier molecular flexibility index (Phi) is 18.9. The van der Waals surface area contributed by atoms with Crippen molar-refractivity contribution in [3.8, 4) is 0 Å². The third-order valence-electron chi connectivity index (χ3n) is 37.0. The Morgan fingerprint density at radius 2 is 0.688 bits per heavy atom. The fraction of sp³-hybridized carbons (Fsp3) is 0.469. The number of thiophene rings is 5. The smallest absolute Gasteiger partial charge is 0.188 e. The van der Waals surface area contributed by atoms with Crippen molar-refractivity contribution in [2.24, 2.45) is 41.5 Å². The second kappa shape index (κ2) is 28.9. The van der Waals surface area contributed by atoms with E-state index in [0.717, 1.165) is 54.8 Å². The Balaban J connectivity index is 0.0000000917. The van der Waals surface area contributed by atoms with Crippen molar-refractivity contribution in [2.45, 2.75) is 297 Å². The number of anilines is 5. The van der Waals surface area contributed by atoms with Crippen LogP contribution < -0.4 is 24.5 Å². The van der Waals surface area contributed by atoms with Crippen LogP contribution in [-0.4, -0.2) is 4.57 Å². The van der Waals surface area contributed by atoms with Crippen LogP contribution in [-0.2, 0) is 45.6 Å². The summed E-state index contributed by atoms with van der Waals surface area (Å²) < 4.78 is 28.0. The van der Waals surface area contributed by atoms with E-state index in [1.54, 1.807) is 61.4 Å². The lowest BCUT2D eigenvalue weighted by Gasteiger charge is -2.64. The molecule has 0 saturated heterocycles. The van der Waals surface area contributed by atoms with Gasteiger partial charge in [-0.25, -0.2) is 0 Å². The van der Waals surface area contributed by atoms with Gasteiger partial charge in [-0.1, -0.05) is 178 Å². The monoisotopic (exact) mass is 1790 g/mol. The fourth-order valence-corrected chi connectivity index (χ4v) is 34.3. The van der Waals surface area contributed by atoms with Crippen molar-refractivity contribution in [1.82, 2.24) is 4.57 Å². The molecule has 10 nitrogen and oxygen atoms in total. The largest absolute Gasteiger partial charge is 0.448 e. The molecule has 0 N–H and O–H groups in total. The number of para-hydroxylation sites is 5. The SMILES string of the molecule is Cc1cccc2c1N1C(C)c3oc4sccc4c3C1(C)C(C)(C)C2(C)C.Cc1cccc2c1N1C(C)c3oc4sccc4c3C1(C)C(C)(C)C2(C)C.Cc1ccccc1N1C(C)c2oc3sccc3c2C12C1CC3CC(C1)CC2C3.Cc1ccccc1N1C(C)c2oc3sccc3c2C12CCCCC2.Cc1ccccc1N1C(C)c2sc3c(ccn3C)c2C12CCCC2. The van der Waals surface area contributed by atoms with Crippen LogP contribution in [0.15, 0.2) is 185 Å². The molecule has 0 radical (unpaired) electrons. The zero-order valence-electron chi connectivity index (χ0n) is 79.1. The Bertz CT molecular complexity index is 6730. The maximum Gasteiger partial charge on any atom is 0.188 e. The third-order valence-corrected chi connectivity index (χ3v) is 41.7. The van der Waals surface area contributed by atoms with Crippen LogP contribution in [0.2, 0.25) is 0 Å². The molecular weight excluding hydrogens is 1670 g/mol. The van der Waals surface area contributed by atoms with E-state index >= 15 is 0 Å². The highest BCUT2D eigenvalue weighted by Gasteiger charge is 2.70. The summed E-state index contributed by atoms with van der Waals surface area (Å²) in [5, 5.41) is 15.6. The molecule has 13 aliphatic rings. The number of aromatic nitrogens is 1. The standard InChI is InChI=1S/C25H27NOS.2C23H27NOS.C21H24N2S.C21H23NOS/c1-14-5-3-4-6-21(14)26-15(2)23-22(20-7-8-28-24(20)27-23)25(26)18-10-16-9-17(12-18)13-19(25)11-16;2*1-13-9-8-10-16-18(13)24-14(2)19-17(15-11-12-26-20(15)25-19)23(24,7)22(5,6)21(16,3)4;1-14-8-4-5-9-17(14)23-15(2)19-18(21(23)11-6-7-12-21)16-10-13-22(3)20(16)24-19;1-14-8-4-5-9-17(14)22-15(2)19-18(16-10-13-24-20(16)23-19)21(22)11-6-3-7-12-21/h3-8,15-19H,9-13H2,1-2H3;2*8-12,14H,1-7H3;4-5,8-10,13,15H,6-7,11-12H2,1-3H3;4-5,8-10,13,15H,3,6-7,11-12H2,1-2H3. The van der Waals surface area contributed by atoms with Gasteiger partial charge in [0.2, 0.25) is 0 Å². The number of hydrogen-bond donors (Lipinski definition) is 0. The Morgan fingerprint density at radius 3 is 1.12 bits per heavy atom. The molecule has 17 heterocycles. The molecule has 5 aromatic carbocycles. The van der Waals surface area contributed by atoms with Gasteiger partial charge < -0.3 is 46.7 Å². The van der Waals surface area contributed by atoms with E-state index in [1.165, 1.54) is 217 Å². The van der Waals surface area contributed by atoms with Gasteiger partial charge in [0.05, 0.1) is 57.9 Å². The Morgan fingerprint density at radius 1 is 0.336 bits per heavy atom. The number of nitrogens with zero attached hydrogens (tertiary/aromatic N) is 6. The van der Waals surface area contributed by atoms with E-state index in [2.05, 4.69) is 342 Å². The molecule has 664 valence electrons. The number of benzene rings is 5. The highest BCUT2D eigenvalue weighted by atomic mass is 32.1. The topological polar surface area (TPSA) is 73.7 Å². The first-order valence-corrected chi connectivity index (χ1v) is 52.6. The van der Waals surface area contributed by atoms with E-state index in [4.69, 9.17) is 17.7 Å². The van der Waals surface area contributed by atoms with Gasteiger partial charge in [0.1, 0.15) is 27.9 Å². The van der Waals surface area contributed by atoms with Crippen molar-refractivity contribution >= 4 is 136 Å². The minimum atomic E-state index is -0.114. The summed E-state index contributed by atoms with van der Waals surface area (Å²) in [4.78, 5) is 21.1. The summed E-state index contributed by atoms with van der Waals surface area (Å²) in [5.74, 6) is 8.27. The number of aryl methyl sites for hydroxylation is 6. The maximum atomic E-state index is 6.56. The second-order valence-corrected chi connectivity index (χ2v) is 48.0. The van der Waals surface area contributed by atoms with E-state index in [9.17, 15) is 0 Å². The van der Waals surface area contributed by atoms with Crippen LogP contribution in [0.5, 0.6) is 0 Å². The number of hydrogen-bond acceptors (Lipinski definition) is 14. The van der Waals surface area contributed by atoms with E-state index in [-0.39, 0.29) is 61.4 Å². The predicted octanol–water partition coefficient (Wildman–Crippen LogP) is 33.3. The maximum absolute atomic E-state index is 6.56. The molecule has 6 saturated carbocycles. The zero-order chi connectivity index (χ0) is 88.7. The number of rotatable bonds is 3. The first kappa shape index (κ1) is 83.6. The van der Waals surface area contributed by atoms with Crippen molar-refractivity contribution in [3.63, 3.8) is 0 Å². The minimum absolute atomic E-state index is 0.0268. The normalized spacial score (nSPS) is 28.1. The number of fused-ring (bicyclic) bond motifs is 25. The summed E-state index contributed by atoms with van der Waals surface area (Å²) in [7, 11) is 2.18. The lowest BCUT2D eigenvalue weighted by atomic mass is 9.47. The van der Waals surface area contributed by atoms with Crippen LogP contribution >= 0.6 is 56.7 Å². The summed E-state index contributed by atoms with van der Waals surface area (Å²) in [6.45, 7) is 47.3. The molecule has 128 heavy (non-hydrogen) atoms. The molecule has 28 rings (SSSR count). The van der Waals surface area contributed by atoms with Gasteiger partial charge in [0, 0.05) is 112 Å². The highest BCUT2D eigenvalue weighted by molar-refractivity contribution is 7.19. The molecule has 6 aliphatic carbocycles. The predicted molar refractivity (Wildman–Crippen MR) is 539 cm³/mol. The average Bonchev–Trinajstić information content (AvgIpc) is 1.48. The van der Waals surface area contributed by atoms with Gasteiger partial charge in [0.15, 0.2) is 19.6 Å². The van der Waals surface area contributed by atoms with Gasteiger partial charge in [-0.05, 0) is 284 Å². The Hall–Kier alpha value is -8.70. The first-order valence-electron chi connectivity index (χ1n) is 48.2. The van der Waals surface area contributed by atoms with Crippen molar-refractivity contribution in [3.05, 3.63) is 262 Å². The summed E-state index contributed by atoms with van der Waals surface area (Å²) in [6, 6.07) is 53.4. The average molecular weight is 1790 g/mol. The van der Waals surface area contributed by atoms with Crippen LogP contribution in [0.25, 0.3) is 51.3 Å². The van der Waals surface area contributed by atoms with Gasteiger partial charge in [-0.2, -0.15) is 0 Å². The van der Waals surface area contributed by atoms with Crippen LogP contribution in [0.1, 0.15) is 319 Å². The summed E-state index contributed by atoms with van der Waals surface area (Å²) in [5.41, 5.74) is 24.7. The van der Waals surface area contributed by atoms with E-state index in [0.29, 0.717) is 18.1 Å². The van der Waals surface area contributed by atoms with Gasteiger partial charge >= 0.3 is 0 Å². The van der Waals surface area contributed by atoms with Gasteiger partial charge in [-0.15, -0.1) is 56.7 Å². The van der Waals surface area contributed by atoms with Crippen molar-refractivity contribution in [1.29, 1.82) is 0 Å². The summed E-state index contributed by atoms with van der Waals surface area (Å²) in [6.07, 6.45) is 21.1. The molecule has 10 aromatic heterocycles. The molecule has 0 amide bonds. The van der Waals surface area contributed by atoms with Crippen molar-refractivity contribution < 1.29 is 17.7 Å². The van der Waals surface area contributed by atoms with Crippen LogP contribution in [0.4, 0.5) is 28.4 Å². The molecule has 15 heteroatoms. The van der Waals surface area contributed by atoms with Crippen LogP contribution in [0.3, 0.4) is 0 Å². The molecule has 15 aromatic rings. The summed E-state index contributed by atoms with van der Waals surface area (Å²) >= 11 is 8.95. The lowest BCUT2D eigenvalue weighted by molar-refractivity contribution is -0.0596. The minimum Gasteiger partial charge on any atom is -0.448 e. The lowest BCUT2D eigenvalue weighted by Crippen LogP contribution is -2.62. The van der Waals surface area contributed by atoms with E-state index in [1.807, 2.05) is 11.3 Å². The molecule has 7 unspecified atom stereocenters. The molecule has 6 fully saturated rings. The second-order valence-electron chi connectivity index (χ2n) is 43.5. The zero-order valence-corrected chi connectivity index (χ0v) is 83.2. The number of furan rings is 4. The highest BCUT2D eigenvalue weighted by Crippen LogP contribution is 2.74. The van der Waals surface area contributed by atoms with Crippen molar-refractivity contribution in [2.75, 3.05) is 24.5 Å². The first-order chi connectivity index (χ1) is 61.3. The fourth-order valence-electron chi connectivity index (χ4n) is 29.9. The third kappa shape index (κ3) is 10.7. The quantitative estimate of drug-likeness (QED) is 0.172. The molecule has 7 atom stereocenters. The Labute approximate surface area is 777 Å². The molecule has 4 bridgehead atoms. The van der Waals surface area contributed by atoms with Crippen LogP contribution in [0, 0.1) is 69.1 Å².